The zero-order valence-electron chi connectivity index (χ0n) is 9.78. The molecule has 0 saturated carbocycles. The zero-order chi connectivity index (χ0) is 13.8. The third kappa shape index (κ3) is 4.06. The predicted molar refractivity (Wildman–Crippen MR) is 56.9 cm³/mol. The first-order chi connectivity index (χ1) is 8.34. The van der Waals surface area contributed by atoms with E-state index in [-0.39, 0.29) is 13.1 Å². The number of nitrogens with zero attached hydrogens (tertiary/aromatic N) is 1. The average molecular weight is 265 g/mol. The minimum Gasteiger partial charge on any atom is -0.481 e. The highest BCUT2D eigenvalue weighted by atomic mass is 19.4. The van der Waals surface area contributed by atoms with Crippen LogP contribution in [0.5, 0.6) is 0 Å². The van der Waals surface area contributed by atoms with Crippen LogP contribution in [0.15, 0.2) is 22.8 Å². The molecule has 0 amide bonds. The molecule has 0 bridgehead atoms. The van der Waals surface area contributed by atoms with Crippen molar-refractivity contribution < 1.29 is 27.5 Å². The third-order valence-corrected chi connectivity index (χ3v) is 2.53. The van der Waals surface area contributed by atoms with Crippen LogP contribution in [0.4, 0.5) is 13.2 Å². The molecular formula is C11H14F3NO3. The summed E-state index contributed by atoms with van der Waals surface area (Å²) in [7, 11) is 0. The molecule has 0 aliphatic heterocycles. The summed E-state index contributed by atoms with van der Waals surface area (Å²) in [6.45, 7) is 1.56. The molecule has 0 saturated heterocycles. The summed E-state index contributed by atoms with van der Waals surface area (Å²) >= 11 is 0. The van der Waals surface area contributed by atoms with Crippen LogP contribution in [0.3, 0.4) is 0 Å². The topological polar surface area (TPSA) is 53.7 Å². The summed E-state index contributed by atoms with van der Waals surface area (Å²) in [6, 6.07) is 1.12. The van der Waals surface area contributed by atoms with Gasteiger partial charge in [0, 0.05) is 0 Å². The highest BCUT2D eigenvalue weighted by Gasteiger charge is 2.44. The molecule has 0 aliphatic carbocycles. The first-order valence-electron chi connectivity index (χ1n) is 5.39. The van der Waals surface area contributed by atoms with Gasteiger partial charge in [0.1, 0.15) is 11.8 Å². The van der Waals surface area contributed by atoms with Crippen LogP contribution in [0.25, 0.3) is 0 Å². The summed E-state index contributed by atoms with van der Waals surface area (Å²) in [5.74, 6) is -1.10. The van der Waals surface area contributed by atoms with Crippen molar-refractivity contribution >= 4 is 5.97 Å². The first-order valence-corrected chi connectivity index (χ1v) is 5.39. The smallest absolute Gasteiger partial charge is 0.404 e. The third-order valence-electron chi connectivity index (χ3n) is 2.53. The molecule has 7 heteroatoms. The Kier molecular flexibility index (Phi) is 4.77. The summed E-state index contributed by atoms with van der Waals surface area (Å²) in [4.78, 5) is 11.6. The number of carboxylic acids is 1. The van der Waals surface area contributed by atoms with Gasteiger partial charge in [0.2, 0.25) is 0 Å². The number of furan rings is 1. The number of halogens is 3. The number of rotatable bonds is 6. The van der Waals surface area contributed by atoms with Crippen molar-refractivity contribution in [1.82, 2.24) is 4.90 Å². The lowest BCUT2D eigenvalue weighted by molar-refractivity contribution is -0.192. The number of aliphatic carboxylic acids is 1. The van der Waals surface area contributed by atoms with E-state index in [1.165, 1.54) is 6.26 Å². The second-order valence-corrected chi connectivity index (χ2v) is 3.80. The summed E-state index contributed by atoms with van der Waals surface area (Å²) < 4.78 is 43.4. The van der Waals surface area contributed by atoms with Crippen LogP contribution in [0.1, 0.15) is 19.1 Å². The minimum absolute atomic E-state index is 0.0685. The molecule has 0 aliphatic rings. The molecule has 102 valence electrons. The summed E-state index contributed by atoms with van der Waals surface area (Å²) in [6.07, 6.45) is -4.19. The maximum absolute atomic E-state index is 12.8. The van der Waals surface area contributed by atoms with Gasteiger partial charge in [-0.1, -0.05) is 6.92 Å². The van der Waals surface area contributed by atoms with Gasteiger partial charge in [0.25, 0.3) is 0 Å². The maximum Gasteiger partial charge on any atom is 0.404 e. The van der Waals surface area contributed by atoms with Crippen molar-refractivity contribution in [3.05, 3.63) is 24.2 Å². The van der Waals surface area contributed by atoms with Crippen LogP contribution in [-0.2, 0) is 11.3 Å². The Morgan fingerprint density at radius 1 is 1.56 bits per heavy atom. The van der Waals surface area contributed by atoms with E-state index < -0.39 is 24.6 Å². The number of carboxylic acid groups (broad SMARTS) is 1. The molecule has 0 aromatic carbocycles. The van der Waals surface area contributed by atoms with Gasteiger partial charge in [-0.3, -0.25) is 9.69 Å². The number of alkyl halides is 3. The molecule has 1 rings (SSSR count). The van der Waals surface area contributed by atoms with Gasteiger partial charge in [0.05, 0.1) is 19.2 Å². The molecule has 0 radical (unpaired) electrons. The second kappa shape index (κ2) is 5.90. The van der Waals surface area contributed by atoms with Crippen LogP contribution >= 0.6 is 0 Å². The van der Waals surface area contributed by atoms with Crippen LogP contribution in [-0.4, -0.2) is 34.7 Å². The van der Waals surface area contributed by atoms with Crippen molar-refractivity contribution in [1.29, 1.82) is 0 Å². The Balaban J connectivity index is 2.83. The molecule has 18 heavy (non-hydrogen) atoms. The molecule has 1 aromatic heterocycles. The van der Waals surface area contributed by atoms with Crippen molar-refractivity contribution in [2.45, 2.75) is 32.1 Å². The Bertz CT molecular complexity index is 375. The van der Waals surface area contributed by atoms with Gasteiger partial charge >= 0.3 is 12.1 Å². The lowest BCUT2D eigenvalue weighted by Crippen LogP contribution is -2.46. The fourth-order valence-electron chi connectivity index (χ4n) is 1.66. The summed E-state index contributed by atoms with van der Waals surface area (Å²) in [5.41, 5.74) is 0. The Morgan fingerprint density at radius 2 is 2.22 bits per heavy atom. The Morgan fingerprint density at radius 3 is 2.61 bits per heavy atom. The lowest BCUT2D eigenvalue weighted by Gasteiger charge is -2.30. The van der Waals surface area contributed by atoms with Gasteiger partial charge < -0.3 is 9.52 Å². The minimum atomic E-state index is -4.58. The van der Waals surface area contributed by atoms with Gasteiger partial charge in [-0.2, -0.15) is 13.2 Å². The van der Waals surface area contributed by atoms with Crippen molar-refractivity contribution in [3.63, 3.8) is 0 Å². The van der Waals surface area contributed by atoms with E-state index in [0.29, 0.717) is 5.76 Å². The Labute approximate surface area is 102 Å². The lowest BCUT2D eigenvalue weighted by atomic mass is 10.1. The molecule has 0 spiro atoms. The highest BCUT2D eigenvalue weighted by Crippen LogP contribution is 2.28. The highest BCUT2D eigenvalue weighted by molar-refractivity contribution is 5.67. The maximum atomic E-state index is 12.8. The number of hydrogen-bond acceptors (Lipinski definition) is 3. The van der Waals surface area contributed by atoms with Gasteiger partial charge in [-0.15, -0.1) is 0 Å². The van der Waals surface area contributed by atoms with Crippen molar-refractivity contribution in [2.24, 2.45) is 0 Å². The van der Waals surface area contributed by atoms with Crippen LogP contribution in [0, 0.1) is 0 Å². The van der Waals surface area contributed by atoms with Crippen molar-refractivity contribution in [3.8, 4) is 0 Å². The average Bonchev–Trinajstić information content (AvgIpc) is 2.74. The fraction of sp³-hybridized carbons (Fsp3) is 0.545. The van der Waals surface area contributed by atoms with Gasteiger partial charge in [0.15, 0.2) is 0 Å². The molecular weight excluding hydrogens is 251 g/mol. The SMILES string of the molecule is CCN(Cc1ccco1)C(CC(=O)O)C(F)(F)F. The molecule has 4 nitrogen and oxygen atoms in total. The summed E-state index contributed by atoms with van der Waals surface area (Å²) in [5, 5.41) is 8.57. The molecule has 1 atom stereocenters. The van der Waals surface area contributed by atoms with Gasteiger partial charge in [-0.25, -0.2) is 0 Å². The van der Waals surface area contributed by atoms with E-state index >= 15 is 0 Å². The van der Waals surface area contributed by atoms with E-state index in [1.807, 2.05) is 0 Å². The first kappa shape index (κ1) is 14.6. The second-order valence-electron chi connectivity index (χ2n) is 3.80. The predicted octanol–water partition coefficient (Wildman–Crippen LogP) is 2.51. The number of carbonyl (C=O) groups is 1. The standard InChI is InChI=1S/C11H14F3NO3/c1-2-15(7-8-4-3-5-18-8)9(6-10(16)17)11(12,13)14/h3-5,9H,2,6-7H2,1H3,(H,16,17). The quantitative estimate of drug-likeness (QED) is 0.858. The van der Waals surface area contributed by atoms with Gasteiger partial charge in [-0.05, 0) is 18.7 Å². The molecule has 0 fully saturated rings. The number of hydrogen-bond donors (Lipinski definition) is 1. The van der Waals surface area contributed by atoms with Crippen molar-refractivity contribution in [2.75, 3.05) is 6.54 Å². The van der Waals surface area contributed by atoms with E-state index in [0.717, 1.165) is 4.90 Å². The van der Waals surface area contributed by atoms with E-state index in [2.05, 4.69) is 0 Å². The molecule has 1 unspecified atom stereocenters. The Hall–Kier alpha value is -1.50. The van der Waals surface area contributed by atoms with Crippen LogP contribution < -0.4 is 0 Å². The van der Waals surface area contributed by atoms with E-state index in [1.54, 1.807) is 19.1 Å². The monoisotopic (exact) mass is 265 g/mol. The largest absolute Gasteiger partial charge is 0.481 e. The fourth-order valence-corrected chi connectivity index (χ4v) is 1.66. The van der Waals surface area contributed by atoms with E-state index in [4.69, 9.17) is 9.52 Å². The van der Waals surface area contributed by atoms with Crippen LogP contribution in [0.2, 0.25) is 0 Å². The molecule has 1 aromatic rings. The molecule has 1 heterocycles. The molecule has 1 N–H and O–H groups in total. The zero-order valence-corrected chi connectivity index (χ0v) is 9.78. The van der Waals surface area contributed by atoms with E-state index in [9.17, 15) is 18.0 Å². The normalized spacial score (nSPS) is 13.8.